The van der Waals surface area contributed by atoms with Crippen molar-refractivity contribution < 1.29 is 4.79 Å². The topological polar surface area (TPSA) is 41.1 Å². The molecule has 1 aliphatic rings. The average Bonchev–Trinajstić information content (AvgIpc) is 2.89. The lowest BCUT2D eigenvalue weighted by molar-refractivity contribution is -0.122. The monoisotopic (exact) mass is 260 g/mol. The van der Waals surface area contributed by atoms with Gasteiger partial charge in [0, 0.05) is 6.54 Å². The highest BCUT2D eigenvalue weighted by Gasteiger charge is 2.21. The summed E-state index contributed by atoms with van der Waals surface area (Å²) in [6, 6.07) is 4.50. The van der Waals surface area contributed by atoms with Crippen LogP contribution in [0.1, 0.15) is 35.1 Å². The van der Waals surface area contributed by atoms with Gasteiger partial charge in [-0.05, 0) is 68.8 Å². The van der Waals surface area contributed by atoms with E-state index in [0.29, 0.717) is 0 Å². The zero-order chi connectivity index (χ0) is 13.8. The molecule has 0 spiro atoms. The molecule has 0 aliphatic carbocycles. The fourth-order valence-corrected chi connectivity index (χ4v) is 2.64. The number of aryl methyl sites for hydroxylation is 3. The second-order valence-corrected chi connectivity index (χ2v) is 5.55. The minimum atomic E-state index is 0.0286. The molecule has 3 heteroatoms. The van der Waals surface area contributed by atoms with Gasteiger partial charge in [-0.2, -0.15) is 0 Å². The van der Waals surface area contributed by atoms with Crippen molar-refractivity contribution in [2.45, 2.75) is 46.1 Å². The van der Waals surface area contributed by atoms with E-state index in [1.807, 2.05) is 0 Å². The van der Waals surface area contributed by atoms with Gasteiger partial charge in [-0.3, -0.25) is 4.79 Å². The molecule has 1 unspecified atom stereocenters. The number of rotatable bonds is 4. The highest BCUT2D eigenvalue weighted by atomic mass is 16.2. The Morgan fingerprint density at radius 3 is 2.68 bits per heavy atom. The first kappa shape index (κ1) is 14.1. The van der Waals surface area contributed by atoms with Crippen LogP contribution in [0.15, 0.2) is 12.1 Å². The number of carbonyl (C=O) groups is 1. The Kier molecular flexibility index (Phi) is 4.59. The van der Waals surface area contributed by atoms with Crippen molar-refractivity contribution >= 4 is 5.91 Å². The highest BCUT2D eigenvalue weighted by Crippen LogP contribution is 2.15. The van der Waals surface area contributed by atoms with Crippen LogP contribution in [-0.2, 0) is 11.2 Å². The normalized spacial score (nSPS) is 18.6. The van der Waals surface area contributed by atoms with Crippen LogP contribution < -0.4 is 10.6 Å². The molecule has 2 N–H and O–H groups in total. The van der Waals surface area contributed by atoms with Crippen molar-refractivity contribution in [1.29, 1.82) is 0 Å². The molecule has 1 aliphatic heterocycles. The van der Waals surface area contributed by atoms with Crippen LogP contribution in [0.25, 0.3) is 0 Å². The zero-order valence-corrected chi connectivity index (χ0v) is 12.2. The molecule has 0 aromatic heterocycles. The minimum Gasteiger partial charge on any atom is -0.354 e. The Bertz CT molecular complexity index is 462. The molecule has 3 nitrogen and oxygen atoms in total. The van der Waals surface area contributed by atoms with Crippen LogP contribution in [0, 0.1) is 20.8 Å². The standard InChI is InChI=1S/C16H24N2O/c1-11-9-13(3)14(10-12(11)2)6-8-18-16(19)15-5-4-7-17-15/h9-10,15,17H,4-8H2,1-3H3,(H,18,19). The third kappa shape index (κ3) is 3.57. The second-order valence-electron chi connectivity index (χ2n) is 5.55. The number of nitrogens with one attached hydrogen (secondary N) is 2. The van der Waals surface area contributed by atoms with E-state index in [2.05, 4.69) is 43.5 Å². The second kappa shape index (κ2) is 6.20. The fourth-order valence-electron chi connectivity index (χ4n) is 2.64. The molecule has 1 amide bonds. The largest absolute Gasteiger partial charge is 0.354 e. The van der Waals surface area contributed by atoms with Crippen LogP contribution in [0.5, 0.6) is 0 Å². The summed E-state index contributed by atoms with van der Waals surface area (Å²) in [6.07, 6.45) is 2.98. The summed E-state index contributed by atoms with van der Waals surface area (Å²) < 4.78 is 0. The van der Waals surface area contributed by atoms with Gasteiger partial charge in [0.1, 0.15) is 0 Å². The van der Waals surface area contributed by atoms with E-state index in [1.54, 1.807) is 0 Å². The molecule has 0 bridgehead atoms. The molecule has 1 aromatic carbocycles. The molecule has 1 aromatic rings. The van der Waals surface area contributed by atoms with Crippen LogP contribution in [0.4, 0.5) is 0 Å². The van der Waals surface area contributed by atoms with Crippen molar-refractivity contribution in [3.63, 3.8) is 0 Å². The molecule has 2 rings (SSSR count). The van der Waals surface area contributed by atoms with Gasteiger partial charge in [-0.25, -0.2) is 0 Å². The molecule has 0 radical (unpaired) electrons. The van der Waals surface area contributed by atoms with E-state index in [9.17, 15) is 4.79 Å². The smallest absolute Gasteiger partial charge is 0.237 e. The first-order valence-corrected chi connectivity index (χ1v) is 7.16. The van der Waals surface area contributed by atoms with Gasteiger partial charge in [-0.15, -0.1) is 0 Å². The van der Waals surface area contributed by atoms with Crippen molar-refractivity contribution in [2.75, 3.05) is 13.1 Å². The van der Waals surface area contributed by atoms with Crippen molar-refractivity contribution in [1.82, 2.24) is 10.6 Å². The number of hydrogen-bond acceptors (Lipinski definition) is 2. The van der Waals surface area contributed by atoms with Gasteiger partial charge < -0.3 is 10.6 Å². The predicted molar refractivity (Wildman–Crippen MR) is 78.4 cm³/mol. The lowest BCUT2D eigenvalue weighted by atomic mass is 9.99. The molecular weight excluding hydrogens is 236 g/mol. The van der Waals surface area contributed by atoms with E-state index in [1.165, 1.54) is 22.3 Å². The molecule has 1 fully saturated rings. The minimum absolute atomic E-state index is 0.0286. The fraction of sp³-hybridized carbons (Fsp3) is 0.562. The summed E-state index contributed by atoms with van der Waals surface area (Å²) in [5.74, 6) is 0.152. The van der Waals surface area contributed by atoms with Crippen LogP contribution in [0.2, 0.25) is 0 Å². The summed E-state index contributed by atoms with van der Waals surface area (Å²) in [6.45, 7) is 8.11. The zero-order valence-electron chi connectivity index (χ0n) is 12.2. The maximum atomic E-state index is 11.9. The Morgan fingerprint density at radius 2 is 2.00 bits per heavy atom. The molecule has 1 heterocycles. The summed E-state index contributed by atoms with van der Waals surface area (Å²) in [7, 11) is 0. The number of hydrogen-bond donors (Lipinski definition) is 2. The Hall–Kier alpha value is -1.35. The Labute approximate surface area is 115 Å². The third-order valence-corrected chi connectivity index (χ3v) is 4.02. The lowest BCUT2D eigenvalue weighted by Gasteiger charge is -2.13. The molecule has 1 atom stereocenters. The third-order valence-electron chi connectivity index (χ3n) is 4.02. The Morgan fingerprint density at radius 1 is 1.26 bits per heavy atom. The molecule has 19 heavy (non-hydrogen) atoms. The van der Waals surface area contributed by atoms with Crippen LogP contribution >= 0.6 is 0 Å². The number of amides is 1. The van der Waals surface area contributed by atoms with Gasteiger partial charge in [0.2, 0.25) is 5.91 Å². The Balaban J connectivity index is 1.85. The highest BCUT2D eigenvalue weighted by molar-refractivity contribution is 5.81. The number of carbonyl (C=O) groups excluding carboxylic acids is 1. The molecule has 1 saturated heterocycles. The molecular formula is C16H24N2O. The van der Waals surface area contributed by atoms with Crippen LogP contribution in [-0.4, -0.2) is 25.0 Å². The van der Waals surface area contributed by atoms with E-state index in [0.717, 1.165) is 32.4 Å². The van der Waals surface area contributed by atoms with E-state index >= 15 is 0 Å². The van der Waals surface area contributed by atoms with Crippen molar-refractivity contribution in [2.24, 2.45) is 0 Å². The van der Waals surface area contributed by atoms with Crippen molar-refractivity contribution in [3.05, 3.63) is 34.4 Å². The van der Waals surface area contributed by atoms with Gasteiger partial charge >= 0.3 is 0 Å². The quantitative estimate of drug-likeness (QED) is 0.869. The summed E-state index contributed by atoms with van der Waals surface area (Å²) in [5, 5.41) is 6.25. The van der Waals surface area contributed by atoms with Crippen LogP contribution in [0.3, 0.4) is 0 Å². The van der Waals surface area contributed by atoms with Crippen molar-refractivity contribution in [3.8, 4) is 0 Å². The predicted octanol–water partition coefficient (Wildman–Crippen LogP) is 2.02. The molecule has 0 saturated carbocycles. The van der Waals surface area contributed by atoms with Gasteiger partial charge in [-0.1, -0.05) is 12.1 Å². The van der Waals surface area contributed by atoms with Gasteiger partial charge in [0.15, 0.2) is 0 Å². The van der Waals surface area contributed by atoms with E-state index in [-0.39, 0.29) is 11.9 Å². The first-order valence-electron chi connectivity index (χ1n) is 7.16. The molecule has 104 valence electrons. The van der Waals surface area contributed by atoms with Gasteiger partial charge in [0.05, 0.1) is 6.04 Å². The van der Waals surface area contributed by atoms with Gasteiger partial charge in [0.25, 0.3) is 0 Å². The van der Waals surface area contributed by atoms with E-state index in [4.69, 9.17) is 0 Å². The SMILES string of the molecule is Cc1cc(C)c(CCNC(=O)C2CCCN2)cc1C. The first-order chi connectivity index (χ1) is 9.08. The lowest BCUT2D eigenvalue weighted by Crippen LogP contribution is -2.41. The summed E-state index contributed by atoms with van der Waals surface area (Å²) >= 11 is 0. The maximum absolute atomic E-state index is 11.9. The number of benzene rings is 1. The summed E-state index contributed by atoms with van der Waals surface area (Å²) in [5.41, 5.74) is 5.31. The average molecular weight is 260 g/mol. The summed E-state index contributed by atoms with van der Waals surface area (Å²) in [4.78, 5) is 11.9. The maximum Gasteiger partial charge on any atom is 0.237 e. The van der Waals surface area contributed by atoms with E-state index < -0.39 is 0 Å².